The highest BCUT2D eigenvalue weighted by molar-refractivity contribution is 4.90. The van der Waals surface area contributed by atoms with Crippen LogP contribution in [0.3, 0.4) is 0 Å². The summed E-state index contributed by atoms with van der Waals surface area (Å²) < 4.78 is 0. The summed E-state index contributed by atoms with van der Waals surface area (Å²) in [6, 6.07) is 0.786. The van der Waals surface area contributed by atoms with Crippen LogP contribution in [0.1, 0.15) is 58.8 Å². The topological polar surface area (TPSA) is 15.3 Å². The van der Waals surface area contributed by atoms with Gasteiger partial charge in [0, 0.05) is 19.1 Å². The van der Waals surface area contributed by atoms with Crippen molar-refractivity contribution in [2.45, 2.75) is 64.8 Å². The summed E-state index contributed by atoms with van der Waals surface area (Å²) in [5.41, 5.74) is 0.568. The molecule has 2 atom stereocenters. The summed E-state index contributed by atoms with van der Waals surface area (Å²) in [4.78, 5) is 2.79. The molecule has 0 amide bonds. The third kappa shape index (κ3) is 3.27. The second-order valence-corrected chi connectivity index (χ2v) is 6.92. The number of hydrogen-bond donors (Lipinski definition) is 1. The van der Waals surface area contributed by atoms with E-state index in [2.05, 4.69) is 31.1 Å². The van der Waals surface area contributed by atoms with E-state index < -0.39 is 0 Å². The normalized spacial score (nSPS) is 33.5. The van der Waals surface area contributed by atoms with Crippen LogP contribution in [0.25, 0.3) is 0 Å². The van der Waals surface area contributed by atoms with Crippen molar-refractivity contribution in [2.75, 3.05) is 26.7 Å². The van der Waals surface area contributed by atoms with Gasteiger partial charge in [-0.1, -0.05) is 26.2 Å². The first-order valence-corrected chi connectivity index (χ1v) is 8.05. The minimum Gasteiger partial charge on any atom is -0.319 e. The van der Waals surface area contributed by atoms with Crippen LogP contribution >= 0.6 is 0 Å². The molecule has 2 heteroatoms. The Kier molecular flexibility index (Phi) is 5.08. The molecule has 2 unspecified atom stereocenters. The molecule has 0 aromatic rings. The first-order chi connectivity index (χ1) is 8.67. The Morgan fingerprint density at radius 3 is 2.50 bits per heavy atom. The molecule has 0 bridgehead atoms. The molecule has 2 nitrogen and oxygen atoms in total. The fourth-order valence-electron chi connectivity index (χ4n) is 4.14. The molecule has 1 aliphatic heterocycles. The van der Waals surface area contributed by atoms with Crippen molar-refractivity contribution in [3.05, 3.63) is 0 Å². The minimum atomic E-state index is 0.568. The maximum absolute atomic E-state index is 3.47. The Balaban J connectivity index is 1.99. The van der Waals surface area contributed by atoms with Crippen molar-refractivity contribution < 1.29 is 0 Å². The number of hydrogen-bond acceptors (Lipinski definition) is 2. The van der Waals surface area contributed by atoms with Crippen molar-refractivity contribution in [1.82, 2.24) is 10.2 Å². The second-order valence-electron chi connectivity index (χ2n) is 6.92. The molecule has 18 heavy (non-hydrogen) atoms. The summed E-state index contributed by atoms with van der Waals surface area (Å²) in [7, 11) is 2.12. The average molecular weight is 252 g/mol. The van der Waals surface area contributed by atoms with Gasteiger partial charge in [0.15, 0.2) is 0 Å². The lowest BCUT2D eigenvalue weighted by molar-refractivity contribution is 0.0405. The molecule has 1 N–H and O–H groups in total. The van der Waals surface area contributed by atoms with E-state index in [1.165, 1.54) is 64.6 Å². The van der Waals surface area contributed by atoms with E-state index in [-0.39, 0.29) is 0 Å². The lowest BCUT2D eigenvalue weighted by atomic mass is 9.73. The highest BCUT2D eigenvalue weighted by Crippen LogP contribution is 2.38. The van der Waals surface area contributed by atoms with Crippen LogP contribution in [0.4, 0.5) is 0 Å². The van der Waals surface area contributed by atoms with Crippen molar-refractivity contribution in [3.8, 4) is 0 Å². The highest BCUT2D eigenvalue weighted by Gasteiger charge is 2.36. The predicted molar refractivity (Wildman–Crippen MR) is 78.9 cm³/mol. The molecular formula is C16H32N2. The van der Waals surface area contributed by atoms with Gasteiger partial charge in [-0.2, -0.15) is 0 Å². The molecule has 0 spiro atoms. The van der Waals surface area contributed by atoms with Crippen molar-refractivity contribution in [3.63, 3.8) is 0 Å². The zero-order valence-electron chi connectivity index (χ0n) is 12.7. The van der Waals surface area contributed by atoms with E-state index >= 15 is 0 Å². The number of piperidine rings is 1. The molecule has 106 valence electrons. The Labute approximate surface area is 114 Å². The fourth-order valence-corrected chi connectivity index (χ4v) is 4.14. The Morgan fingerprint density at radius 2 is 1.83 bits per heavy atom. The van der Waals surface area contributed by atoms with Crippen LogP contribution in [-0.4, -0.2) is 37.6 Å². The molecule has 2 aliphatic rings. The lowest BCUT2D eigenvalue weighted by Crippen LogP contribution is -2.51. The number of nitrogens with one attached hydrogen (secondary N) is 1. The molecular weight excluding hydrogens is 220 g/mol. The molecule has 1 heterocycles. The summed E-state index contributed by atoms with van der Waals surface area (Å²) in [6.07, 6.45) is 10.0. The SMILES string of the molecule is CNCC1(CN2CCCC(C)C2C)CCCCC1. The average Bonchev–Trinajstić information content (AvgIpc) is 2.36. The van der Waals surface area contributed by atoms with Crippen LogP contribution in [0.2, 0.25) is 0 Å². The van der Waals surface area contributed by atoms with Gasteiger partial charge in [0.25, 0.3) is 0 Å². The third-order valence-electron chi connectivity index (χ3n) is 5.51. The molecule has 0 aromatic carbocycles. The van der Waals surface area contributed by atoms with Gasteiger partial charge in [0.2, 0.25) is 0 Å². The molecule has 2 fully saturated rings. The summed E-state index contributed by atoms with van der Waals surface area (Å²) in [5, 5.41) is 3.47. The van der Waals surface area contributed by atoms with Gasteiger partial charge >= 0.3 is 0 Å². The Hall–Kier alpha value is -0.0800. The van der Waals surface area contributed by atoms with Crippen molar-refractivity contribution in [2.24, 2.45) is 11.3 Å². The molecule has 0 aromatic heterocycles. The number of nitrogens with zero attached hydrogens (tertiary/aromatic N) is 1. The van der Waals surface area contributed by atoms with Crippen LogP contribution in [0, 0.1) is 11.3 Å². The number of rotatable bonds is 4. The second kappa shape index (κ2) is 6.38. The minimum absolute atomic E-state index is 0.568. The van der Waals surface area contributed by atoms with Crippen LogP contribution in [0.5, 0.6) is 0 Å². The molecule has 1 aliphatic carbocycles. The third-order valence-corrected chi connectivity index (χ3v) is 5.51. The van der Waals surface area contributed by atoms with Crippen LogP contribution < -0.4 is 5.32 Å². The van der Waals surface area contributed by atoms with Crippen molar-refractivity contribution >= 4 is 0 Å². The fraction of sp³-hybridized carbons (Fsp3) is 1.00. The Bertz CT molecular complexity index is 240. The maximum atomic E-state index is 3.47. The van der Waals surface area contributed by atoms with E-state index in [4.69, 9.17) is 0 Å². The summed E-state index contributed by atoms with van der Waals surface area (Å²) >= 11 is 0. The van der Waals surface area contributed by atoms with Crippen LogP contribution in [0.15, 0.2) is 0 Å². The lowest BCUT2D eigenvalue weighted by Gasteiger charge is -2.46. The standard InChI is InChI=1S/C16H32N2/c1-14-8-7-11-18(15(14)2)13-16(12-17-3)9-5-4-6-10-16/h14-15,17H,4-13H2,1-3H3. The van der Waals surface area contributed by atoms with Gasteiger partial charge in [-0.3, -0.25) is 4.90 Å². The number of likely N-dealkylation sites (tertiary alicyclic amines) is 1. The highest BCUT2D eigenvalue weighted by atomic mass is 15.2. The van der Waals surface area contributed by atoms with Crippen molar-refractivity contribution in [1.29, 1.82) is 0 Å². The quantitative estimate of drug-likeness (QED) is 0.826. The largest absolute Gasteiger partial charge is 0.319 e. The monoisotopic (exact) mass is 252 g/mol. The zero-order chi connectivity index (χ0) is 13.0. The van der Waals surface area contributed by atoms with Crippen LogP contribution in [-0.2, 0) is 0 Å². The zero-order valence-corrected chi connectivity index (χ0v) is 12.7. The first-order valence-electron chi connectivity index (χ1n) is 8.05. The summed E-state index contributed by atoms with van der Waals surface area (Å²) in [6.45, 7) is 8.75. The van der Waals surface area contributed by atoms with Gasteiger partial charge < -0.3 is 5.32 Å². The Morgan fingerprint density at radius 1 is 1.11 bits per heavy atom. The van der Waals surface area contributed by atoms with Gasteiger partial charge in [0.1, 0.15) is 0 Å². The van der Waals surface area contributed by atoms with E-state index in [1.54, 1.807) is 0 Å². The first kappa shape index (κ1) is 14.3. The van der Waals surface area contributed by atoms with Gasteiger partial charge in [-0.25, -0.2) is 0 Å². The summed E-state index contributed by atoms with van der Waals surface area (Å²) in [5.74, 6) is 0.883. The molecule has 2 rings (SSSR count). The van der Waals surface area contributed by atoms with E-state index in [1.807, 2.05) is 0 Å². The van der Waals surface area contributed by atoms with E-state index in [0.717, 1.165) is 12.0 Å². The maximum Gasteiger partial charge on any atom is 0.00928 e. The van der Waals surface area contributed by atoms with E-state index in [0.29, 0.717) is 5.41 Å². The molecule has 1 saturated heterocycles. The van der Waals surface area contributed by atoms with E-state index in [9.17, 15) is 0 Å². The van der Waals surface area contributed by atoms with Gasteiger partial charge in [0.05, 0.1) is 0 Å². The van der Waals surface area contributed by atoms with Gasteiger partial charge in [-0.05, 0) is 57.5 Å². The smallest absolute Gasteiger partial charge is 0.00928 e. The molecule has 1 saturated carbocycles. The molecule has 0 radical (unpaired) electrons. The van der Waals surface area contributed by atoms with Gasteiger partial charge in [-0.15, -0.1) is 0 Å². The predicted octanol–water partition coefficient (Wildman–Crippen LogP) is 3.28.